The molecule has 0 aromatic heterocycles. The van der Waals surface area contributed by atoms with Crippen LogP contribution in [-0.4, -0.2) is 23.4 Å². The average molecular weight is 484 g/mol. The molecule has 2 saturated carbocycles. The zero-order valence-electron chi connectivity index (χ0n) is 15.7. The number of aliphatic hydroxyl groups excluding tert-OH is 2. The molecule has 4 rings (SSSR count). The number of hydrogen-bond donors (Lipinski definition) is 2. The minimum absolute atomic E-state index is 0.0275. The summed E-state index contributed by atoms with van der Waals surface area (Å²) in [5.41, 5.74) is 0.586. The number of aliphatic hydroxyl groups is 2. The van der Waals surface area contributed by atoms with E-state index in [-0.39, 0.29) is 25.0 Å². The van der Waals surface area contributed by atoms with Crippen LogP contribution in [0.5, 0.6) is 0 Å². The van der Waals surface area contributed by atoms with Gasteiger partial charge in [-0.3, -0.25) is 0 Å². The number of benzene rings is 2. The van der Waals surface area contributed by atoms with E-state index < -0.39 is 10.8 Å². The van der Waals surface area contributed by atoms with Gasteiger partial charge < -0.3 is 10.2 Å². The lowest BCUT2D eigenvalue weighted by Crippen LogP contribution is -2.09. The summed E-state index contributed by atoms with van der Waals surface area (Å²) in [6.45, 7) is 0.0710. The lowest BCUT2D eigenvalue weighted by atomic mass is 9.95. The molecule has 2 aliphatic carbocycles. The van der Waals surface area contributed by atoms with E-state index in [0.29, 0.717) is 32.9 Å². The third-order valence-electron chi connectivity index (χ3n) is 5.92. The highest BCUT2D eigenvalue weighted by Crippen LogP contribution is 2.55. The van der Waals surface area contributed by atoms with Crippen molar-refractivity contribution < 1.29 is 10.2 Å². The van der Waals surface area contributed by atoms with Crippen molar-refractivity contribution in [2.45, 2.75) is 23.7 Å². The summed E-state index contributed by atoms with van der Waals surface area (Å²) in [6.07, 6.45) is 1.38. The van der Waals surface area contributed by atoms with E-state index in [1.165, 1.54) is 0 Å². The Morgan fingerprint density at radius 2 is 1.10 bits per heavy atom. The van der Waals surface area contributed by atoms with E-state index >= 15 is 0 Å². The van der Waals surface area contributed by atoms with Gasteiger partial charge in [-0.15, -0.1) is 0 Å². The standard InChI is InChI=1S/2C11H9Cl2NO/c2*12-9-2-1-7(3-10(9)13)11(6-14)4-8(11)5-15/h2*1-3,8,15H,4-5H2/t8-,11+;8-,11-/m11/s1. The van der Waals surface area contributed by atoms with Gasteiger partial charge in [0.1, 0.15) is 0 Å². The van der Waals surface area contributed by atoms with Gasteiger partial charge in [0.05, 0.1) is 43.1 Å². The second kappa shape index (κ2) is 8.93. The molecule has 4 atom stereocenters. The minimum atomic E-state index is -0.553. The highest BCUT2D eigenvalue weighted by Gasteiger charge is 2.56. The molecule has 0 bridgehead atoms. The summed E-state index contributed by atoms with van der Waals surface area (Å²) < 4.78 is 0. The number of halogens is 4. The Hall–Kier alpha value is -1.50. The molecule has 2 fully saturated rings. The first-order valence-electron chi connectivity index (χ1n) is 9.23. The molecular weight excluding hydrogens is 466 g/mol. The van der Waals surface area contributed by atoms with Gasteiger partial charge in [-0.1, -0.05) is 58.5 Å². The topological polar surface area (TPSA) is 88.0 Å². The van der Waals surface area contributed by atoms with Crippen LogP contribution in [0.15, 0.2) is 36.4 Å². The van der Waals surface area contributed by atoms with Crippen LogP contribution >= 0.6 is 46.4 Å². The maximum Gasteiger partial charge on any atom is 0.0877 e. The van der Waals surface area contributed by atoms with Crippen molar-refractivity contribution in [3.8, 4) is 12.1 Å². The van der Waals surface area contributed by atoms with Crippen molar-refractivity contribution >= 4 is 46.4 Å². The van der Waals surface area contributed by atoms with Gasteiger partial charge in [-0.05, 0) is 48.2 Å². The van der Waals surface area contributed by atoms with Crippen LogP contribution in [0.4, 0.5) is 0 Å². The van der Waals surface area contributed by atoms with Crippen LogP contribution in [-0.2, 0) is 10.8 Å². The molecule has 2 aromatic carbocycles. The van der Waals surface area contributed by atoms with E-state index in [9.17, 15) is 0 Å². The molecule has 0 unspecified atom stereocenters. The van der Waals surface area contributed by atoms with E-state index in [2.05, 4.69) is 12.1 Å². The summed E-state index contributed by atoms with van der Waals surface area (Å²) in [5, 5.41) is 38.2. The normalized spacial score (nSPS) is 28.5. The predicted molar refractivity (Wildman–Crippen MR) is 118 cm³/mol. The van der Waals surface area contributed by atoms with Crippen molar-refractivity contribution in [2.24, 2.45) is 11.8 Å². The van der Waals surface area contributed by atoms with Crippen LogP contribution in [0.3, 0.4) is 0 Å². The average Bonchev–Trinajstić information content (AvgIpc) is 3.65. The number of nitrogens with zero attached hydrogens (tertiary/aromatic N) is 2. The predicted octanol–water partition coefficient (Wildman–Crippen LogP) is 5.53. The largest absolute Gasteiger partial charge is 0.396 e. The SMILES string of the molecule is N#C[C@@]1(c2ccc(Cl)c(Cl)c2)C[C@@H]1CO.N#C[C@]1(c2ccc(Cl)c(Cl)c2)C[C@@H]1CO. The third-order valence-corrected chi connectivity index (χ3v) is 7.40. The summed E-state index contributed by atoms with van der Waals surface area (Å²) >= 11 is 23.4. The fourth-order valence-electron chi connectivity index (χ4n) is 3.76. The van der Waals surface area contributed by atoms with Crippen LogP contribution < -0.4 is 0 Å². The molecule has 0 heterocycles. The van der Waals surface area contributed by atoms with Gasteiger partial charge in [0.2, 0.25) is 0 Å². The van der Waals surface area contributed by atoms with Crippen molar-refractivity contribution in [2.75, 3.05) is 13.2 Å². The Balaban J connectivity index is 0.000000171. The molecule has 8 heteroatoms. The van der Waals surface area contributed by atoms with Crippen LogP contribution in [0.25, 0.3) is 0 Å². The van der Waals surface area contributed by atoms with Gasteiger partial charge in [0.15, 0.2) is 0 Å². The fraction of sp³-hybridized carbons (Fsp3) is 0.364. The molecule has 156 valence electrons. The maximum atomic E-state index is 9.13. The van der Waals surface area contributed by atoms with E-state index in [0.717, 1.165) is 11.1 Å². The first-order valence-corrected chi connectivity index (χ1v) is 10.7. The van der Waals surface area contributed by atoms with Gasteiger partial charge in [0.25, 0.3) is 0 Å². The number of nitriles is 2. The molecule has 2 aromatic rings. The van der Waals surface area contributed by atoms with Crippen molar-refractivity contribution in [1.29, 1.82) is 10.5 Å². The highest BCUT2D eigenvalue weighted by molar-refractivity contribution is 6.42. The smallest absolute Gasteiger partial charge is 0.0877 e. The molecule has 2 aliphatic rings. The van der Waals surface area contributed by atoms with Crippen LogP contribution in [0.1, 0.15) is 24.0 Å². The van der Waals surface area contributed by atoms with Crippen LogP contribution in [0, 0.1) is 34.5 Å². The molecule has 0 aliphatic heterocycles. The second-order valence-electron chi connectivity index (χ2n) is 7.59. The minimum Gasteiger partial charge on any atom is -0.396 e. The van der Waals surface area contributed by atoms with Gasteiger partial charge >= 0.3 is 0 Å². The van der Waals surface area contributed by atoms with Crippen LogP contribution in [0.2, 0.25) is 20.1 Å². The lowest BCUT2D eigenvalue weighted by molar-refractivity contribution is 0.269. The van der Waals surface area contributed by atoms with Gasteiger partial charge in [0, 0.05) is 25.0 Å². The molecule has 0 amide bonds. The monoisotopic (exact) mass is 482 g/mol. The Morgan fingerprint density at radius 3 is 1.33 bits per heavy atom. The third kappa shape index (κ3) is 4.14. The van der Waals surface area contributed by atoms with Crippen molar-refractivity contribution in [3.63, 3.8) is 0 Å². The van der Waals surface area contributed by atoms with Gasteiger partial charge in [-0.2, -0.15) is 10.5 Å². The molecule has 0 radical (unpaired) electrons. The number of rotatable bonds is 4. The molecular formula is C22H18Cl4N2O2. The summed E-state index contributed by atoms with van der Waals surface area (Å²) in [6, 6.07) is 14.9. The Kier molecular flexibility index (Phi) is 6.90. The highest BCUT2D eigenvalue weighted by atomic mass is 35.5. The summed E-state index contributed by atoms with van der Waals surface area (Å²) in [5.74, 6) is 0.0551. The van der Waals surface area contributed by atoms with E-state index in [1.54, 1.807) is 36.4 Å². The fourth-order valence-corrected chi connectivity index (χ4v) is 4.35. The van der Waals surface area contributed by atoms with E-state index in [4.69, 9.17) is 67.1 Å². The summed E-state index contributed by atoms with van der Waals surface area (Å²) in [4.78, 5) is 0. The first kappa shape index (κ1) is 23.2. The van der Waals surface area contributed by atoms with Crippen molar-refractivity contribution in [1.82, 2.24) is 0 Å². The zero-order valence-corrected chi connectivity index (χ0v) is 18.8. The second-order valence-corrected chi connectivity index (χ2v) is 9.22. The molecule has 0 spiro atoms. The molecule has 4 nitrogen and oxygen atoms in total. The Bertz CT molecular complexity index is 965. The Labute approximate surface area is 195 Å². The molecule has 2 N–H and O–H groups in total. The zero-order chi connectivity index (χ0) is 22.1. The van der Waals surface area contributed by atoms with E-state index in [1.807, 2.05) is 0 Å². The first-order chi connectivity index (χ1) is 14.3. The summed E-state index contributed by atoms with van der Waals surface area (Å²) in [7, 11) is 0. The number of hydrogen-bond acceptors (Lipinski definition) is 4. The quantitative estimate of drug-likeness (QED) is 0.597. The maximum absolute atomic E-state index is 9.13. The molecule has 0 saturated heterocycles. The molecule has 30 heavy (non-hydrogen) atoms. The Morgan fingerprint density at radius 1 is 0.733 bits per heavy atom. The van der Waals surface area contributed by atoms with Crippen molar-refractivity contribution in [3.05, 3.63) is 67.6 Å². The lowest BCUT2D eigenvalue weighted by Gasteiger charge is -2.09. The van der Waals surface area contributed by atoms with Gasteiger partial charge in [-0.25, -0.2) is 0 Å².